The fraction of sp³-hybridized carbons (Fsp3) is 0.600. The maximum absolute atomic E-state index is 12.4. The molecule has 0 radical (unpaired) electrons. The van der Waals surface area contributed by atoms with Gasteiger partial charge >= 0.3 is 6.61 Å². The standard InChI is InChI=1S/C20H28F2N4O3/c1-20(2,3)24-18(28)12-26-10-14-8-15(26)9-25(14)11-17(27)23-13-5-4-6-16(7-13)29-19(21)22/h4-7,14-15,19H,8-12H2,1-3H3,(H,23,27)(H,24,28)/t14-,15-/m0/s1. The van der Waals surface area contributed by atoms with Gasteiger partial charge in [0.05, 0.1) is 13.1 Å². The Balaban J connectivity index is 1.46. The van der Waals surface area contributed by atoms with Crippen LogP contribution in [0.4, 0.5) is 14.5 Å². The van der Waals surface area contributed by atoms with E-state index in [0.717, 1.165) is 19.5 Å². The summed E-state index contributed by atoms with van der Waals surface area (Å²) in [5, 5.41) is 5.70. The van der Waals surface area contributed by atoms with Crippen molar-refractivity contribution in [1.82, 2.24) is 15.1 Å². The summed E-state index contributed by atoms with van der Waals surface area (Å²) in [7, 11) is 0. The Morgan fingerprint density at radius 1 is 1.14 bits per heavy atom. The fourth-order valence-electron chi connectivity index (χ4n) is 4.00. The molecule has 0 unspecified atom stereocenters. The van der Waals surface area contributed by atoms with Crippen molar-refractivity contribution in [3.05, 3.63) is 24.3 Å². The van der Waals surface area contributed by atoms with Gasteiger partial charge in [0.2, 0.25) is 11.8 Å². The molecule has 0 spiro atoms. The molecule has 160 valence electrons. The number of likely N-dealkylation sites (tertiary alicyclic amines) is 2. The molecular formula is C20H28F2N4O3. The number of ether oxygens (including phenoxy) is 1. The molecule has 2 fully saturated rings. The molecule has 0 saturated carbocycles. The topological polar surface area (TPSA) is 73.9 Å². The molecule has 3 rings (SSSR count). The first-order chi connectivity index (χ1) is 13.6. The summed E-state index contributed by atoms with van der Waals surface area (Å²) in [6, 6.07) is 6.46. The largest absolute Gasteiger partial charge is 0.435 e. The molecule has 1 aromatic carbocycles. The monoisotopic (exact) mass is 410 g/mol. The van der Waals surface area contributed by atoms with Gasteiger partial charge < -0.3 is 15.4 Å². The Kier molecular flexibility index (Phi) is 6.38. The molecule has 29 heavy (non-hydrogen) atoms. The molecular weight excluding hydrogens is 382 g/mol. The van der Waals surface area contributed by atoms with E-state index in [1.54, 1.807) is 12.1 Å². The van der Waals surface area contributed by atoms with E-state index < -0.39 is 6.61 Å². The molecule has 2 amide bonds. The second-order valence-corrected chi connectivity index (χ2v) is 8.65. The zero-order valence-corrected chi connectivity index (χ0v) is 17.0. The predicted molar refractivity (Wildman–Crippen MR) is 105 cm³/mol. The van der Waals surface area contributed by atoms with E-state index in [0.29, 0.717) is 12.2 Å². The average molecular weight is 410 g/mol. The van der Waals surface area contributed by atoms with Gasteiger partial charge in [-0.2, -0.15) is 8.78 Å². The third-order valence-corrected chi connectivity index (χ3v) is 5.02. The first kappa shape index (κ1) is 21.4. The van der Waals surface area contributed by atoms with Gasteiger partial charge in [-0.1, -0.05) is 6.07 Å². The number of halogens is 2. The van der Waals surface area contributed by atoms with Gasteiger partial charge in [-0.05, 0) is 39.3 Å². The minimum Gasteiger partial charge on any atom is -0.435 e. The number of amides is 2. The van der Waals surface area contributed by atoms with Crippen molar-refractivity contribution in [3.63, 3.8) is 0 Å². The first-order valence-electron chi connectivity index (χ1n) is 9.73. The zero-order valence-electron chi connectivity index (χ0n) is 17.0. The fourth-order valence-corrected chi connectivity index (χ4v) is 4.00. The highest BCUT2D eigenvalue weighted by atomic mass is 19.3. The van der Waals surface area contributed by atoms with Crippen molar-refractivity contribution in [2.75, 3.05) is 31.5 Å². The number of piperazine rings is 1. The SMILES string of the molecule is CC(C)(C)NC(=O)CN1C[C@@H]2C[C@H]1CN2CC(=O)Nc1cccc(OC(F)F)c1. The van der Waals surface area contributed by atoms with E-state index in [9.17, 15) is 18.4 Å². The van der Waals surface area contributed by atoms with Crippen molar-refractivity contribution in [1.29, 1.82) is 0 Å². The second kappa shape index (κ2) is 8.62. The summed E-state index contributed by atoms with van der Waals surface area (Å²) >= 11 is 0. The van der Waals surface area contributed by atoms with Gasteiger partial charge in [0.25, 0.3) is 0 Å². The Morgan fingerprint density at radius 2 is 1.76 bits per heavy atom. The molecule has 2 aliphatic rings. The predicted octanol–water partition coefficient (Wildman–Crippen LogP) is 1.90. The molecule has 2 aliphatic heterocycles. The summed E-state index contributed by atoms with van der Waals surface area (Å²) in [5.74, 6) is -0.189. The van der Waals surface area contributed by atoms with Crippen LogP contribution in [0.25, 0.3) is 0 Å². The summed E-state index contributed by atoms with van der Waals surface area (Å²) < 4.78 is 29.0. The maximum Gasteiger partial charge on any atom is 0.387 e. The molecule has 1 aromatic rings. The molecule has 2 atom stereocenters. The van der Waals surface area contributed by atoms with Crippen molar-refractivity contribution in [3.8, 4) is 5.75 Å². The number of alkyl halides is 2. The molecule has 2 N–H and O–H groups in total. The Morgan fingerprint density at radius 3 is 2.31 bits per heavy atom. The van der Waals surface area contributed by atoms with Gasteiger partial charge in [0, 0.05) is 42.5 Å². The number of anilines is 1. The maximum atomic E-state index is 12.4. The highest BCUT2D eigenvalue weighted by Crippen LogP contribution is 2.30. The summed E-state index contributed by atoms with van der Waals surface area (Å²) in [6.45, 7) is 5.04. The molecule has 0 aromatic heterocycles. The Labute approximate surface area is 169 Å². The molecule has 2 heterocycles. The summed E-state index contributed by atoms with van der Waals surface area (Å²) in [5.41, 5.74) is 0.162. The van der Waals surface area contributed by atoms with Gasteiger partial charge in [-0.15, -0.1) is 0 Å². The second-order valence-electron chi connectivity index (χ2n) is 8.65. The van der Waals surface area contributed by atoms with Crippen LogP contribution in [0, 0.1) is 0 Å². The highest BCUT2D eigenvalue weighted by molar-refractivity contribution is 5.92. The van der Waals surface area contributed by atoms with Crippen LogP contribution in [0.2, 0.25) is 0 Å². The molecule has 0 aliphatic carbocycles. The van der Waals surface area contributed by atoms with E-state index in [1.165, 1.54) is 12.1 Å². The minimum atomic E-state index is -2.91. The number of rotatable bonds is 7. The van der Waals surface area contributed by atoms with Crippen LogP contribution in [-0.4, -0.2) is 72.0 Å². The lowest BCUT2D eigenvalue weighted by Crippen LogP contribution is -2.52. The highest BCUT2D eigenvalue weighted by Gasteiger charge is 2.44. The van der Waals surface area contributed by atoms with E-state index in [-0.39, 0.29) is 41.7 Å². The van der Waals surface area contributed by atoms with Crippen LogP contribution in [0.5, 0.6) is 5.75 Å². The van der Waals surface area contributed by atoms with Crippen LogP contribution < -0.4 is 15.4 Å². The van der Waals surface area contributed by atoms with Crippen molar-refractivity contribution >= 4 is 17.5 Å². The number of benzene rings is 1. The third-order valence-electron chi connectivity index (χ3n) is 5.02. The van der Waals surface area contributed by atoms with Crippen LogP contribution in [0.1, 0.15) is 27.2 Å². The van der Waals surface area contributed by atoms with Crippen molar-refractivity contribution in [2.45, 2.75) is 51.4 Å². The average Bonchev–Trinajstić information content (AvgIpc) is 3.12. The van der Waals surface area contributed by atoms with Crippen molar-refractivity contribution in [2.24, 2.45) is 0 Å². The van der Waals surface area contributed by atoms with Crippen LogP contribution in [-0.2, 0) is 9.59 Å². The van der Waals surface area contributed by atoms with E-state index in [4.69, 9.17) is 0 Å². The lowest BCUT2D eigenvalue weighted by molar-refractivity contribution is -0.124. The number of nitrogens with one attached hydrogen (secondary N) is 2. The number of carbonyl (C=O) groups excluding carboxylic acids is 2. The number of fused-ring (bicyclic) bond motifs is 2. The smallest absolute Gasteiger partial charge is 0.387 e. The minimum absolute atomic E-state index is 0.00204. The Bertz CT molecular complexity index is 753. The summed E-state index contributed by atoms with van der Waals surface area (Å²) in [6.07, 6.45) is 0.938. The lowest BCUT2D eigenvalue weighted by Gasteiger charge is -2.34. The molecule has 9 heteroatoms. The number of hydrogen-bond donors (Lipinski definition) is 2. The zero-order chi connectivity index (χ0) is 21.2. The Hall–Kier alpha value is -2.26. The third kappa shape index (κ3) is 6.11. The van der Waals surface area contributed by atoms with Gasteiger partial charge in [0.15, 0.2) is 0 Å². The number of hydrogen-bond acceptors (Lipinski definition) is 5. The van der Waals surface area contributed by atoms with E-state index >= 15 is 0 Å². The normalized spacial score (nSPS) is 22.1. The van der Waals surface area contributed by atoms with E-state index in [1.807, 2.05) is 20.8 Å². The van der Waals surface area contributed by atoms with Crippen LogP contribution in [0.15, 0.2) is 24.3 Å². The first-order valence-corrected chi connectivity index (χ1v) is 9.73. The lowest BCUT2D eigenvalue weighted by atomic mass is 10.1. The van der Waals surface area contributed by atoms with Crippen LogP contribution in [0.3, 0.4) is 0 Å². The number of carbonyl (C=O) groups is 2. The molecule has 7 nitrogen and oxygen atoms in total. The quantitative estimate of drug-likeness (QED) is 0.718. The van der Waals surface area contributed by atoms with Gasteiger partial charge in [-0.3, -0.25) is 19.4 Å². The number of nitrogens with zero attached hydrogens (tertiary/aromatic N) is 2. The van der Waals surface area contributed by atoms with Gasteiger partial charge in [0.1, 0.15) is 5.75 Å². The van der Waals surface area contributed by atoms with E-state index in [2.05, 4.69) is 25.2 Å². The van der Waals surface area contributed by atoms with Crippen molar-refractivity contribution < 1.29 is 23.1 Å². The molecule has 2 bridgehead atoms. The van der Waals surface area contributed by atoms with Crippen LogP contribution >= 0.6 is 0 Å². The van der Waals surface area contributed by atoms with Gasteiger partial charge in [-0.25, -0.2) is 0 Å². The molecule has 2 saturated heterocycles. The summed E-state index contributed by atoms with van der Waals surface area (Å²) in [4.78, 5) is 28.8.